The number of aliphatic hydroxyl groups is 1. The second-order valence-electron chi connectivity index (χ2n) is 15.0. The van der Waals surface area contributed by atoms with Crippen molar-refractivity contribution in [2.24, 2.45) is 28.7 Å². The second-order valence-corrected chi connectivity index (χ2v) is 15.0. The molecule has 3 aliphatic heterocycles. The Morgan fingerprint density at radius 1 is 1.10 bits per heavy atom. The number of hydrogen-bond donors (Lipinski definition) is 1. The number of rotatable bonds is 6. The SMILES string of the molecule is C#CCCN(C)C1CC(C)OC(O[C@@H]2[C@@H](C)CC(C)C(=O)OC(CC)[C@@](C)(O)[C@H]3OCC(=O)CO[C@]2(C)C[C@@H](C)/C(=N\C(C)=O)C3C)C1. The predicted octanol–water partition coefficient (Wildman–Crippen LogP) is 4.36. The largest absolute Gasteiger partial charge is 0.459 e. The summed E-state index contributed by atoms with van der Waals surface area (Å²) in [7, 11) is 2.06. The zero-order valence-electron chi connectivity index (χ0n) is 30.8. The molecule has 11 heteroatoms. The van der Waals surface area contributed by atoms with Crippen molar-refractivity contribution < 1.29 is 43.2 Å². The highest BCUT2D eigenvalue weighted by Gasteiger charge is 2.51. The third-order valence-electron chi connectivity index (χ3n) is 10.5. The fourth-order valence-electron chi connectivity index (χ4n) is 8.08. The van der Waals surface area contributed by atoms with Gasteiger partial charge in [0.1, 0.15) is 24.9 Å². The van der Waals surface area contributed by atoms with E-state index in [-0.39, 0.29) is 43.0 Å². The van der Waals surface area contributed by atoms with Crippen LogP contribution in [0.25, 0.3) is 0 Å². The molecule has 0 spiro atoms. The molecule has 3 fully saturated rings. The lowest BCUT2D eigenvalue weighted by molar-refractivity contribution is -0.267. The van der Waals surface area contributed by atoms with Gasteiger partial charge in [0.25, 0.3) is 0 Å². The first kappa shape index (κ1) is 40.2. The predicted molar refractivity (Wildman–Crippen MR) is 182 cm³/mol. The summed E-state index contributed by atoms with van der Waals surface area (Å²) < 4.78 is 32.1. The Morgan fingerprint density at radius 2 is 1.79 bits per heavy atom. The van der Waals surface area contributed by atoms with Crippen LogP contribution in [0.15, 0.2) is 4.99 Å². The molecule has 0 aromatic rings. The van der Waals surface area contributed by atoms with E-state index in [9.17, 15) is 19.5 Å². The Morgan fingerprint density at radius 3 is 2.42 bits per heavy atom. The molecule has 1 N–H and O–H groups in total. The maximum absolute atomic E-state index is 13.6. The van der Waals surface area contributed by atoms with Crippen LogP contribution in [0, 0.1) is 36.0 Å². The summed E-state index contributed by atoms with van der Waals surface area (Å²) in [6.07, 6.45) is 5.40. The Labute approximate surface area is 287 Å². The molecule has 272 valence electrons. The van der Waals surface area contributed by atoms with Gasteiger partial charge in [0.2, 0.25) is 5.91 Å². The van der Waals surface area contributed by atoms with Crippen molar-refractivity contribution in [2.45, 2.75) is 149 Å². The van der Waals surface area contributed by atoms with Crippen LogP contribution in [0.1, 0.15) is 101 Å². The Balaban J connectivity index is 2.17. The van der Waals surface area contributed by atoms with Crippen molar-refractivity contribution in [1.29, 1.82) is 0 Å². The third kappa shape index (κ3) is 9.95. The number of hydrogen-bond acceptors (Lipinski definition) is 10. The van der Waals surface area contributed by atoms with Crippen LogP contribution in [0.5, 0.6) is 0 Å². The zero-order chi connectivity index (χ0) is 36.0. The van der Waals surface area contributed by atoms with Crippen LogP contribution in [0.4, 0.5) is 0 Å². The van der Waals surface area contributed by atoms with Crippen molar-refractivity contribution in [1.82, 2.24) is 4.90 Å². The summed E-state index contributed by atoms with van der Waals surface area (Å²) in [5.41, 5.74) is -2.28. The molecule has 12 atom stereocenters. The second kappa shape index (κ2) is 17.1. The van der Waals surface area contributed by atoms with Crippen molar-refractivity contribution >= 4 is 23.4 Å². The molecule has 48 heavy (non-hydrogen) atoms. The number of ketones is 1. The van der Waals surface area contributed by atoms with Crippen LogP contribution in [-0.4, -0.2) is 108 Å². The summed E-state index contributed by atoms with van der Waals surface area (Å²) in [6, 6.07) is 0.180. The summed E-state index contributed by atoms with van der Waals surface area (Å²) >= 11 is 0. The molecule has 2 bridgehead atoms. The summed E-state index contributed by atoms with van der Waals surface area (Å²) in [6.45, 7) is 16.5. The average molecular weight is 677 g/mol. The van der Waals surface area contributed by atoms with Crippen LogP contribution < -0.4 is 0 Å². The molecule has 3 heterocycles. The number of terminal acetylenes is 1. The molecule has 3 saturated heterocycles. The van der Waals surface area contributed by atoms with Crippen LogP contribution in [-0.2, 0) is 38.1 Å². The standard InChI is InChI=1S/C37H60N2O9/c1-12-14-15-39(11)28-17-25(6)46-31(18-28)48-33-22(3)16-23(4)35(42)47-30(13-2)37(10,43)34-26(7)32(38-27(8)40)24(5)19-36(33,9)45-21-29(41)20-44-34/h1,22-26,28,30-31,33-34,43H,13-21H2,2-11H3/b38-32+/t22-,23?,24+,25?,26?,28?,30?,31?,33+,34-,36+,37+/m0/s1. The monoisotopic (exact) mass is 676 g/mol. The van der Waals surface area contributed by atoms with Crippen molar-refractivity contribution in [3.8, 4) is 12.3 Å². The fraction of sp³-hybridized carbons (Fsp3) is 0.838. The van der Waals surface area contributed by atoms with Gasteiger partial charge < -0.3 is 33.7 Å². The highest BCUT2D eigenvalue weighted by Crippen LogP contribution is 2.40. The van der Waals surface area contributed by atoms with Gasteiger partial charge in [-0.1, -0.05) is 34.6 Å². The van der Waals surface area contributed by atoms with E-state index in [0.717, 1.165) is 13.0 Å². The summed E-state index contributed by atoms with van der Waals surface area (Å²) in [4.78, 5) is 46.2. The van der Waals surface area contributed by atoms with Crippen LogP contribution in [0.3, 0.4) is 0 Å². The number of carbonyl (C=O) groups excluding carboxylic acids is 3. The average Bonchev–Trinajstić information content (AvgIpc) is 3.02. The minimum absolute atomic E-state index is 0.0745. The van der Waals surface area contributed by atoms with E-state index < -0.39 is 59.5 Å². The number of aliphatic imine (C=N–C) groups is 1. The smallest absolute Gasteiger partial charge is 0.309 e. The molecule has 11 nitrogen and oxygen atoms in total. The van der Waals surface area contributed by atoms with Gasteiger partial charge in [-0.15, -0.1) is 12.3 Å². The topological polar surface area (TPSA) is 133 Å². The first-order valence-electron chi connectivity index (χ1n) is 17.7. The number of carbonyl (C=O) groups is 3. The highest BCUT2D eigenvalue weighted by molar-refractivity contribution is 5.98. The van der Waals surface area contributed by atoms with Gasteiger partial charge in [0, 0.05) is 44.0 Å². The number of esters is 1. The van der Waals surface area contributed by atoms with Crippen LogP contribution >= 0.6 is 0 Å². The maximum Gasteiger partial charge on any atom is 0.309 e. The van der Waals surface area contributed by atoms with Gasteiger partial charge in [0.05, 0.1) is 29.8 Å². The van der Waals surface area contributed by atoms with Gasteiger partial charge >= 0.3 is 5.97 Å². The molecule has 6 unspecified atom stereocenters. The number of amides is 1. The Bertz CT molecular complexity index is 1200. The van der Waals surface area contributed by atoms with E-state index in [2.05, 4.69) is 22.9 Å². The Kier molecular flexibility index (Phi) is 14.4. The number of cyclic esters (lactones) is 1. The van der Waals surface area contributed by atoms with E-state index in [1.54, 1.807) is 6.92 Å². The Hall–Kier alpha value is -2.20. The lowest BCUT2D eigenvalue weighted by Gasteiger charge is -2.47. The summed E-state index contributed by atoms with van der Waals surface area (Å²) in [5.74, 6) is -0.210. The quantitative estimate of drug-likeness (QED) is 0.320. The minimum Gasteiger partial charge on any atom is -0.459 e. The number of ether oxygens (including phenoxy) is 5. The fourth-order valence-corrected chi connectivity index (χ4v) is 8.08. The summed E-state index contributed by atoms with van der Waals surface area (Å²) in [5, 5.41) is 12.0. The number of fused-ring (bicyclic) bond motifs is 5. The lowest BCUT2D eigenvalue weighted by Crippen LogP contribution is -2.57. The molecule has 0 aromatic heterocycles. The van der Waals surface area contributed by atoms with Crippen molar-refractivity contribution in [3.05, 3.63) is 0 Å². The van der Waals surface area contributed by atoms with Crippen molar-refractivity contribution in [2.75, 3.05) is 26.8 Å². The van der Waals surface area contributed by atoms with Gasteiger partial charge in [-0.05, 0) is 65.3 Å². The van der Waals surface area contributed by atoms with E-state index in [1.807, 2.05) is 48.5 Å². The van der Waals surface area contributed by atoms with E-state index in [1.165, 1.54) is 6.92 Å². The molecular formula is C37H60N2O9. The molecule has 0 radical (unpaired) electrons. The third-order valence-corrected chi connectivity index (χ3v) is 10.5. The number of Topliss-reactive ketones (excluding diaryl/α,β-unsaturated/α-hetero) is 1. The van der Waals surface area contributed by atoms with Crippen LogP contribution in [0.2, 0.25) is 0 Å². The normalized spacial score (nSPS) is 41.5. The lowest BCUT2D eigenvalue weighted by atomic mass is 9.74. The molecule has 3 rings (SSSR count). The first-order valence-corrected chi connectivity index (χ1v) is 17.7. The van der Waals surface area contributed by atoms with E-state index in [0.29, 0.717) is 37.8 Å². The van der Waals surface area contributed by atoms with Crippen molar-refractivity contribution in [3.63, 3.8) is 0 Å². The van der Waals surface area contributed by atoms with Gasteiger partial charge in [-0.3, -0.25) is 14.4 Å². The molecule has 0 aromatic carbocycles. The molecule has 1 amide bonds. The number of nitrogens with zero attached hydrogens (tertiary/aromatic N) is 2. The molecule has 0 saturated carbocycles. The molecular weight excluding hydrogens is 616 g/mol. The van der Waals surface area contributed by atoms with Gasteiger partial charge in [0.15, 0.2) is 12.1 Å². The highest BCUT2D eigenvalue weighted by atomic mass is 16.7. The minimum atomic E-state index is -1.71. The van der Waals surface area contributed by atoms with E-state index in [4.69, 9.17) is 30.1 Å². The maximum atomic E-state index is 13.6. The van der Waals surface area contributed by atoms with Gasteiger partial charge in [-0.2, -0.15) is 0 Å². The molecule has 3 aliphatic rings. The van der Waals surface area contributed by atoms with E-state index >= 15 is 0 Å². The van der Waals surface area contributed by atoms with Gasteiger partial charge in [-0.25, -0.2) is 4.99 Å². The molecule has 0 aliphatic carbocycles. The first-order chi connectivity index (χ1) is 22.4. The zero-order valence-corrected chi connectivity index (χ0v) is 30.8.